The van der Waals surface area contributed by atoms with Crippen LogP contribution in [0.15, 0.2) is 45.6 Å². The molecule has 2 N–H and O–H groups in total. The minimum Gasteiger partial charge on any atom is -0.497 e. The summed E-state index contributed by atoms with van der Waals surface area (Å²) in [6, 6.07) is 10.6. The van der Waals surface area contributed by atoms with Crippen molar-refractivity contribution < 1.29 is 18.7 Å². The second kappa shape index (κ2) is 7.43. The standard InChI is InChI=1S/C22H20N2O5/c1-12-16-6-5-15(28-2)10-19(16)29-22(27)17(12)7-8-20(25)24-14-4-3-13-11-23-21(26)18(13)9-14/h3-6,9-10H,7-8,11H2,1-2H3,(H,23,26)(H,24,25). The van der Waals surface area contributed by atoms with E-state index >= 15 is 0 Å². The first kappa shape index (κ1) is 18.7. The Balaban J connectivity index is 1.49. The summed E-state index contributed by atoms with van der Waals surface area (Å²) in [5.74, 6) is 0.226. The number of benzene rings is 2. The molecule has 0 radical (unpaired) electrons. The first-order chi connectivity index (χ1) is 14.0. The smallest absolute Gasteiger partial charge is 0.339 e. The van der Waals surface area contributed by atoms with Crippen molar-refractivity contribution >= 4 is 28.5 Å². The fourth-order valence-electron chi connectivity index (χ4n) is 3.54. The lowest BCUT2D eigenvalue weighted by molar-refractivity contribution is -0.116. The van der Waals surface area contributed by atoms with Gasteiger partial charge in [0.25, 0.3) is 5.91 Å². The quantitative estimate of drug-likeness (QED) is 0.651. The van der Waals surface area contributed by atoms with Crippen molar-refractivity contribution in [3.63, 3.8) is 0 Å². The minimum atomic E-state index is -0.453. The van der Waals surface area contributed by atoms with Crippen molar-refractivity contribution in [2.45, 2.75) is 26.3 Å². The third-order valence-electron chi connectivity index (χ3n) is 5.17. The molecule has 2 aromatic carbocycles. The third kappa shape index (κ3) is 3.59. The Morgan fingerprint density at radius 3 is 2.83 bits per heavy atom. The Morgan fingerprint density at radius 1 is 1.21 bits per heavy atom. The first-order valence-electron chi connectivity index (χ1n) is 9.27. The molecular weight excluding hydrogens is 372 g/mol. The molecule has 0 spiro atoms. The van der Waals surface area contributed by atoms with Gasteiger partial charge in [-0.3, -0.25) is 9.59 Å². The van der Waals surface area contributed by atoms with Gasteiger partial charge in [0.15, 0.2) is 0 Å². The van der Waals surface area contributed by atoms with E-state index in [1.165, 1.54) is 0 Å². The molecule has 0 bridgehead atoms. The predicted molar refractivity (Wildman–Crippen MR) is 108 cm³/mol. The number of aryl methyl sites for hydroxylation is 1. The maximum absolute atomic E-state index is 12.4. The minimum absolute atomic E-state index is 0.122. The van der Waals surface area contributed by atoms with E-state index in [1.54, 1.807) is 31.4 Å². The van der Waals surface area contributed by atoms with Crippen LogP contribution in [0.25, 0.3) is 11.0 Å². The van der Waals surface area contributed by atoms with E-state index in [-0.39, 0.29) is 24.7 Å². The van der Waals surface area contributed by atoms with Gasteiger partial charge < -0.3 is 19.8 Å². The Morgan fingerprint density at radius 2 is 2.03 bits per heavy atom. The van der Waals surface area contributed by atoms with Crippen LogP contribution in [-0.2, 0) is 17.8 Å². The van der Waals surface area contributed by atoms with Crippen LogP contribution >= 0.6 is 0 Å². The van der Waals surface area contributed by atoms with Crippen LogP contribution < -0.4 is 21.0 Å². The van der Waals surface area contributed by atoms with E-state index < -0.39 is 5.63 Å². The maximum atomic E-state index is 12.4. The highest BCUT2D eigenvalue weighted by Crippen LogP contribution is 2.25. The van der Waals surface area contributed by atoms with Gasteiger partial charge in [0.2, 0.25) is 5.91 Å². The molecule has 7 heteroatoms. The second-order valence-electron chi connectivity index (χ2n) is 6.96. The number of ether oxygens (including phenoxy) is 1. The van der Waals surface area contributed by atoms with Crippen LogP contribution in [0.1, 0.15) is 33.5 Å². The molecule has 2 amide bonds. The summed E-state index contributed by atoms with van der Waals surface area (Å²) in [5.41, 5.74) is 3.31. The van der Waals surface area contributed by atoms with Gasteiger partial charge in [0.1, 0.15) is 11.3 Å². The van der Waals surface area contributed by atoms with E-state index in [2.05, 4.69) is 10.6 Å². The summed E-state index contributed by atoms with van der Waals surface area (Å²) in [4.78, 5) is 36.5. The zero-order valence-corrected chi connectivity index (χ0v) is 16.1. The SMILES string of the molecule is COc1ccc2c(C)c(CCC(=O)Nc3ccc4c(c3)C(=O)NC4)c(=O)oc2c1. The van der Waals surface area contributed by atoms with Crippen LogP contribution in [0.4, 0.5) is 5.69 Å². The molecule has 1 aromatic heterocycles. The topological polar surface area (TPSA) is 97.6 Å². The molecule has 0 aliphatic carbocycles. The number of amides is 2. The Hall–Kier alpha value is -3.61. The van der Waals surface area contributed by atoms with Crippen LogP contribution in [0.2, 0.25) is 0 Å². The average molecular weight is 392 g/mol. The molecule has 3 aromatic rings. The van der Waals surface area contributed by atoms with Crippen molar-refractivity contribution in [3.8, 4) is 5.75 Å². The van der Waals surface area contributed by atoms with E-state index in [0.29, 0.717) is 34.7 Å². The lowest BCUT2D eigenvalue weighted by atomic mass is 10.0. The highest BCUT2D eigenvalue weighted by molar-refractivity contribution is 6.00. The first-order valence-corrected chi connectivity index (χ1v) is 9.27. The fourth-order valence-corrected chi connectivity index (χ4v) is 3.54. The monoisotopic (exact) mass is 392 g/mol. The van der Waals surface area contributed by atoms with Gasteiger partial charge >= 0.3 is 5.63 Å². The van der Waals surface area contributed by atoms with Crippen molar-refractivity contribution in [2.24, 2.45) is 0 Å². The van der Waals surface area contributed by atoms with Gasteiger partial charge in [-0.2, -0.15) is 0 Å². The summed E-state index contributed by atoms with van der Waals surface area (Å²) < 4.78 is 10.6. The number of nitrogens with one attached hydrogen (secondary N) is 2. The molecule has 29 heavy (non-hydrogen) atoms. The molecule has 148 valence electrons. The molecule has 1 aliphatic heterocycles. The molecule has 0 unspecified atom stereocenters. The number of carbonyl (C=O) groups is 2. The van der Waals surface area contributed by atoms with Crippen molar-refractivity contribution in [1.29, 1.82) is 0 Å². The summed E-state index contributed by atoms with van der Waals surface area (Å²) in [7, 11) is 1.55. The third-order valence-corrected chi connectivity index (χ3v) is 5.17. The molecule has 0 saturated carbocycles. The summed E-state index contributed by atoms with van der Waals surface area (Å²) in [6.07, 6.45) is 0.379. The number of anilines is 1. The molecule has 7 nitrogen and oxygen atoms in total. The highest BCUT2D eigenvalue weighted by atomic mass is 16.5. The lowest BCUT2D eigenvalue weighted by Gasteiger charge is -2.10. The van der Waals surface area contributed by atoms with Crippen LogP contribution in [0.5, 0.6) is 5.75 Å². The zero-order chi connectivity index (χ0) is 20.5. The number of methoxy groups -OCH3 is 1. The van der Waals surface area contributed by atoms with Gasteiger partial charge in [0, 0.05) is 41.2 Å². The Kier molecular flexibility index (Phi) is 4.80. The summed E-state index contributed by atoms with van der Waals surface area (Å²) in [6.45, 7) is 2.35. The van der Waals surface area contributed by atoms with Crippen molar-refractivity contribution in [3.05, 3.63) is 69.1 Å². The van der Waals surface area contributed by atoms with Crippen molar-refractivity contribution in [2.75, 3.05) is 12.4 Å². The predicted octanol–water partition coefficient (Wildman–Crippen LogP) is 2.92. The van der Waals surface area contributed by atoms with Gasteiger partial charge in [-0.15, -0.1) is 0 Å². The van der Waals surface area contributed by atoms with Gasteiger partial charge in [0.05, 0.1) is 7.11 Å². The Bertz CT molecular complexity index is 1200. The van der Waals surface area contributed by atoms with E-state index in [0.717, 1.165) is 16.5 Å². The van der Waals surface area contributed by atoms with Gasteiger partial charge in [-0.25, -0.2) is 4.79 Å². The van der Waals surface area contributed by atoms with Crippen molar-refractivity contribution in [1.82, 2.24) is 5.32 Å². The molecular formula is C22H20N2O5. The maximum Gasteiger partial charge on any atom is 0.339 e. The molecule has 0 fully saturated rings. The van der Waals surface area contributed by atoms with Crippen LogP contribution in [-0.4, -0.2) is 18.9 Å². The number of rotatable bonds is 5. The average Bonchev–Trinajstić information content (AvgIpc) is 3.07. The molecule has 0 saturated heterocycles. The van der Waals surface area contributed by atoms with Crippen LogP contribution in [0, 0.1) is 6.92 Å². The molecule has 0 atom stereocenters. The lowest BCUT2D eigenvalue weighted by Crippen LogP contribution is -2.17. The van der Waals surface area contributed by atoms with Gasteiger partial charge in [-0.05, 0) is 48.7 Å². The number of carbonyl (C=O) groups excluding carboxylic acids is 2. The van der Waals surface area contributed by atoms with Gasteiger partial charge in [-0.1, -0.05) is 6.07 Å². The molecule has 1 aliphatic rings. The number of fused-ring (bicyclic) bond motifs is 2. The number of hydrogen-bond donors (Lipinski definition) is 2. The van der Waals surface area contributed by atoms with E-state index in [9.17, 15) is 14.4 Å². The largest absolute Gasteiger partial charge is 0.497 e. The molecule has 4 rings (SSSR count). The Labute approximate surface area is 166 Å². The van der Waals surface area contributed by atoms with Crippen LogP contribution in [0.3, 0.4) is 0 Å². The highest BCUT2D eigenvalue weighted by Gasteiger charge is 2.19. The fraction of sp³-hybridized carbons (Fsp3) is 0.227. The van der Waals surface area contributed by atoms with E-state index in [4.69, 9.17) is 9.15 Å². The summed E-state index contributed by atoms with van der Waals surface area (Å²) in [5, 5.41) is 6.34. The molecule has 2 heterocycles. The second-order valence-corrected chi connectivity index (χ2v) is 6.96. The number of hydrogen-bond acceptors (Lipinski definition) is 5. The summed E-state index contributed by atoms with van der Waals surface area (Å²) >= 11 is 0. The normalized spacial score (nSPS) is 12.6. The van der Waals surface area contributed by atoms with E-state index in [1.807, 2.05) is 19.1 Å². The zero-order valence-electron chi connectivity index (χ0n) is 16.1.